The van der Waals surface area contributed by atoms with E-state index in [4.69, 9.17) is 0 Å². The van der Waals surface area contributed by atoms with E-state index in [9.17, 15) is 19.8 Å². The third-order valence-electron chi connectivity index (χ3n) is 9.99. The second-order valence-electron chi connectivity index (χ2n) is 11.7. The summed E-state index contributed by atoms with van der Waals surface area (Å²) in [5.74, 6) is 0.393. The molecule has 5 nitrogen and oxygen atoms in total. The first-order valence-electron chi connectivity index (χ1n) is 13.2. The first-order chi connectivity index (χ1) is 17.7. The van der Waals surface area contributed by atoms with Crippen molar-refractivity contribution in [3.8, 4) is 11.3 Å². The molecule has 3 fully saturated rings. The zero-order valence-corrected chi connectivity index (χ0v) is 22.9. The van der Waals surface area contributed by atoms with Crippen molar-refractivity contribution < 1.29 is 19.8 Å². The van der Waals surface area contributed by atoms with Gasteiger partial charge < -0.3 is 10.2 Å². The molecule has 0 amide bonds. The van der Waals surface area contributed by atoms with Crippen LogP contribution in [0.4, 0.5) is 0 Å². The third kappa shape index (κ3) is 3.84. The van der Waals surface area contributed by atoms with Gasteiger partial charge in [-0.3, -0.25) is 9.59 Å². The number of fused-ring (bicyclic) bond motifs is 5. The van der Waals surface area contributed by atoms with Gasteiger partial charge in [-0.05, 0) is 56.1 Å². The maximum atomic E-state index is 13.6. The predicted molar refractivity (Wildman–Crippen MR) is 146 cm³/mol. The molecular weight excluding hydrogens is 502 g/mol. The van der Waals surface area contributed by atoms with Crippen LogP contribution in [0.5, 0.6) is 0 Å². The highest BCUT2D eigenvalue weighted by atomic mass is 32.2. The number of aliphatic hydroxyl groups is 2. The van der Waals surface area contributed by atoms with Gasteiger partial charge in [-0.15, -0.1) is 11.3 Å². The Kier molecular flexibility index (Phi) is 6.14. The molecule has 0 saturated heterocycles. The van der Waals surface area contributed by atoms with Crippen LogP contribution in [0.3, 0.4) is 0 Å². The smallest absolute Gasteiger partial charge is 0.178 e. The summed E-state index contributed by atoms with van der Waals surface area (Å²) < 4.78 is 0.817. The summed E-state index contributed by atoms with van der Waals surface area (Å²) in [7, 11) is 0. The zero-order valence-electron chi connectivity index (χ0n) is 21.2. The number of aromatic nitrogens is 1. The van der Waals surface area contributed by atoms with Crippen LogP contribution in [0.2, 0.25) is 0 Å². The number of nitrogens with zero attached hydrogens (tertiary/aromatic N) is 1. The minimum Gasteiger partial charge on any atom is -0.393 e. The molecule has 194 valence electrons. The second kappa shape index (κ2) is 9.01. The van der Waals surface area contributed by atoms with Gasteiger partial charge in [0.15, 0.2) is 15.9 Å². The highest BCUT2D eigenvalue weighted by molar-refractivity contribution is 8.01. The number of ketones is 2. The molecule has 7 heteroatoms. The standard InChI is InChI=1S/C30H33NO4S2/c1-28-12-10-20(32)14-19(28)8-9-21-22-11-13-30(35,29(22,2)15-24(33)26(21)28)25(34)17-37-27-31-23(16-36-27)18-6-4-3-5-7-18/h3-7,10,12,14,16,21-22,24,26,33,35H,8-9,11,13,15,17H2,1-2H3/t21?,22?,24-,26?,28?,29?,30-/m0/s1. The number of carbonyl (C=O) groups is 2. The van der Waals surface area contributed by atoms with E-state index in [1.807, 2.05) is 48.7 Å². The Balaban J connectivity index is 1.20. The Bertz CT molecular complexity index is 1300. The summed E-state index contributed by atoms with van der Waals surface area (Å²) >= 11 is 2.91. The summed E-state index contributed by atoms with van der Waals surface area (Å²) in [5, 5.41) is 25.5. The number of thiazole rings is 1. The van der Waals surface area contributed by atoms with E-state index in [1.54, 1.807) is 12.2 Å². The molecule has 0 aliphatic heterocycles. The molecule has 5 unspecified atom stereocenters. The van der Waals surface area contributed by atoms with E-state index in [0.717, 1.165) is 40.4 Å². The number of allylic oxidation sites excluding steroid dienone is 4. The van der Waals surface area contributed by atoms with Crippen molar-refractivity contribution in [2.24, 2.45) is 28.6 Å². The third-order valence-corrected chi connectivity index (χ3v) is 12.0. The molecule has 6 rings (SSSR count). The van der Waals surface area contributed by atoms with Gasteiger partial charge in [0.25, 0.3) is 0 Å². The van der Waals surface area contributed by atoms with Gasteiger partial charge in [0.2, 0.25) is 0 Å². The molecule has 37 heavy (non-hydrogen) atoms. The van der Waals surface area contributed by atoms with Crippen molar-refractivity contribution in [2.75, 3.05) is 5.75 Å². The van der Waals surface area contributed by atoms with Gasteiger partial charge in [0, 0.05) is 27.7 Å². The number of thioether (sulfide) groups is 1. The number of aliphatic hydroxyl groups excluding tert-OH is 1. The summed E-state index contributed by atoms with van der Waals surface area (Å²) in [6.07, 6.45) is 8.06. The largest absolute Gasteiger partial charge is 0.393 e. The quantitative estimate of drug-likeness (QED) is 0.493. The highest BCUT2D eigenvalue weighted by Crippen LogP contribution is 2.67. The zero-order chi connectivity index (χ0) is 26.0. The van der Waals surface area contributed by atoms with Gasteiger partial charge in [0.1, 0.15) is 5.60 Å². The van der Waals surface area contributed by atoms with Crippen molar-refractivity contribution in [2.45, 2.75) is 62.0 Å². The van der Waals surface area contributed by atoms with Crippen LogP contribution in [0, 0.1) is 28.6 Å². The molecule has 0 spiro atoms. The molecule has 1 aromatic heterocycles. The summed E-state index contributed by atoms with van der Waals surface area (Å²) in [6, 6.07) is 9.97. The summed E-state index contributed by atoms with van der Waals surface area (Å²) in [4.78, 5) is 30.4. The van der Waals surface area contributed by atoms with E-state index >= 15 is 0 Å². The molecular formula is C30H33NO4S2. The van der Waals surface area contributed by atoms with Crippen LogP contribution in [0.1, 0.15) is 46.0 Å². The van der Waals surface area contributed by atoms with Gasteiger partial charge in [-0.1, -0.05) is 67.6 Å². The molecule has 0 radical (unpaired) electrons. The molecule has 3 saturated carbocycles. The van der Waals surface area contributed by atoms with Gasteiger partial charge >= 0.3 is 0 Å². The van der Waals surface area contributed by atoms with Crippen LogP contribution in [0.15, 0.2) is 63.9 Å². The predicted octanol–water partition coefficient (Wildman–Crippen LogP) is 5.48. The van der Waals surface area contributed by atoms with Crippen LogP contribution in [-0.2, 0) is 9.59 Å². The van der Waals surface area contributed by atoms with Gasteiger partial charge in [-0.25, -0.2) is 4.98 Å². The van der Waals surface area contributed by atoms with Crippen molar-refractivity contribution in [1.82, 2.24) is 4.98 Å². The molecule has 2 N–H and O–H groups in total. The Labute approximate surface area is 226 Å². The van der Waals surface area contributed by atoms with Crippen LogP contribution < -0.4 is 0 Å². The molecule has 4 aliphatic rings. The average Bonchev–Trinajstić information content (AvgIpc) is 3.46. The topological polar surface area (TPSA) is 87.5 Å². The summed E-state index contributed by atoms with van der Waals surface area (Å²) in [5.41, 5.74) is 0.582. The normalized spacial score (nSPS) is 38.5. The van der Waals surface area contributed by atoms with Crippen LogP contribution in [0.25, 0.3) is 11.3 Å². The fourth-order valence-corrected chi connectivity index (χ4v) is 9.90. The Hall–Kier alpha value is -2.06. The SMILES string of the molecule is CC12C=CC(=O)C=C1CCC1C2[C@@H](O)CC2(C)C1CC[C@]2(O)C(=O)CSc1nc(-c2ccccc2)cs1. The van der Waals surface area contributed by atoms with E-state index in [1.165, 1.54) is 23.1 Å². The van der Waals surface area contributed by atoms with E-state index < -0.39 is 17.1 Å². The Morgan fingerprint density at radius 3 is 2.78 bits per heavy atom. The lowest BCUT2D eigenvalue weighted by Gasteiger charge is -2.59. The van der Waals surface area contributed by atoms with E-state index in [2.05, 4.69) is 11.9 Å². The first-order valence-corrected chi connectivity index (χ1v) is 15.0. The lowest BCUT2D eigenvalue weighted by Crippen LogP contribution is -2.61. The van der Waals surface area contributed by atoms with E-state index in [-0.39, 0.29) is 40.5 Å². The second-order valence-corrected chi connectivity index (χ2v) is 13.8. The molecule has 7 atom stereocenters. The Morgan fingerprint density at radius 2 is 2.00 bits per heavy atom. The first kappa shape index (κ1) is 25.2. The molecule has 1 heterocycles. The van der Waals surface area contributed by atoms with Crippen molar-refractivity contribution in [3.05, 3.63) is 59.5 Å². The lowest BCUT2D eigenvalue weighted by atomic mass is 9.46. The summed E-state index contributed by atoms with van der Waals surface area (Å²) in [6.45, 7) is 4.17. The number of Topliss-reactive ketones (excluding diaryl/α,β-unsaturated/α-hetero) is 1. The lowest BCUT2D eigenvalue weighted by molar-refractivity contribution is -0.174. The van der Waals surface area contributed by atoms with Crippen molar-refractivity contribution in [1.29, 1.82) is 0 Å². The fourth-order valence-electron chi connectivity index (χ4n) is 8.10. The Morgan fingerprint density at radius 1 is 1.22 bits per heavy atom. The minimum absolute atomic E-state index is 0.00604. The van der Waals surface area contributed by atoms with Gasteiger partial charge in [0.05, 0.1) is 17.6 Å². The van der Waals surface area contributed by atoms with E-state index in [0.29, 0.717) is 12.8 Å². The molecule has 0 bridgehead atoms. The highest BCUT2D eigenvalue weighted by Gasteiger charge is 2.67. The maximum absolute atomic E-state index is 13.6. The van der Waals surface area contributed by atoms with Crippen molar-refractivity contribution in [3.63, 3.8) is 0 Å². The maximum Gasteiger partial charge on any atom is 0.178 e. The van der Waals surface area contributed by atoms with Crippen LogP contribution >= 0.6 is 23.1 Å². The number of hydrogen-bond acceptors (Lipinski definition) is 7. The number of hydrogen-bond donors (Lipinski definition) is 2. The number of benzene rings is 1. The minimum atomic E-state index is -1.45. The number of carbonyl (C=O) groups excluding carboxylic acids is 2. The monoisotopic (exact) mass is 535 g/mol. The molecule has 4 aliphatic carbocycles. The average molecular weight is 536 g/mol. The molecule has 1 aromatic carbocycles. The molecule has 2 aromatic rings. The van der Waals surface area contributed by atoms with Crippen molar-refractivity contribution >= 4 is 34.7 Å². The van der Waals surface area contributed by atoms with Crippen LogP contribution in [-0.4, -0.2) is 44.2 Å². The van der Waals surface area contributed by atoms with Gasteiger partial charge in [-0.2, -0.15) is 0 Å². The number of rotatable bonds is 5. The fraction of sp³-hybridized carbons (Fsp3) is 0.500.